The molecule has 2 rings (SSSR count). The van der Waals surface area contributed by atoms with Crippen LogP contribution < -0.4 is 5.73 Å². The summed E-state index contributed by atoms with van der Waals surface area (Å²) >= 11 is 0. The Kier molecular flexibility index (Phi) is 2.99. The minimum atomic E-state index is -0.267. The molecule has 5 nitrogen and oxygen atoms in total. The molecule has 17 heavy (non-hydrogen) atoms. The molecule has 0 aliphatic carbocycles. The number of fused-ring (bicyclic) bond motifs is 1. The van der Waals surface area contributed by atoms with Crippen LogP contribution in [0.2, 0.25) is 0 Å². The molecule has 2 N–H and O–H groups in total. The number of ether oxygens (including phenoxy) is 1. The Morgan fingerprint density at radius 2 is 2.35 bits per heavy atom. The SMILES string of the molecule is CC(C)OC(=O)Cc1cn2ccc(N)cc2n1. The van der Waals surface area contributed by atoms with Crippen LogP contribution in [0, 0.1) is 0 Å². The molecule has 0 saturated carbocycles. The lowest BCUT2D eigenvalue weighted by atomic mass is 10.3. The van der Waals surface area contributed by atoms with Gasteiger partial charge >= 0.3 is 5.97 Å². The van der Waals surface area contributed by atoms with Gasteiger partial charge < -0.3 is 14.9 Å². The van der Waals surface area contributed by atoms with Gasteiger partial charge in [-0.1, -0.05) is 0 Å². The van der Waals surface area contributed by atoms with Crippen LogP contribution in [0.25, 0.3) is 5.65 Å². The summed E-state index contributed by atoms with van der Waals surface area (Å²) in [5.74, 6) is -0.267. The summed E-state index contributed by atoms with van der Waals surface area (Å²) in [4.78, 5) is 15.8. The first kappa shape index (κ1) is 11.4. The van der Waals surface area contributed by atoms with Gasteiger partial charge in [0.25, 0.3) is 0 Å². The lowest BCUT2D eigenvalue weighted by Gasteiger charge is -2.05. The lowest BCUT2D eigenvalue weighted by Crippen LogP contribution is -2.13. The number of pyridine rings is 1. The Labute approximate surface area is 99.2 Å². The normalized spacial score (nSPS) is 11.0. The van der Waals surface area contributed by atoms with Gasteiger partial charge in [-0.05, 0) is 19.9 Å². The van der Waals surface area contributed by atoms with Crippen molar-refractivity contribution in [1.82, 2.24) is 9.38 Å². The van der Waals surface area contributed by atoms with E-state index in [0.717, 1.165) is 5.65 Å². The Morgan fingerprint density at radius 3 is 3.06 bits per heavy atom. The van der Waals surface area contributed by atoms with Crippen LogP contribution in [0.4, 0.5) is 5.69 Å². The second-order valence-electron chi connectivity index (χ2n) is 4.17. The molecule has 5 heteroatoms. The topological polar surface area (TPSA) is 69.6 Å². The highest BCUT2D eigenvalue weighted by atomic mass is 16.5. The van der Waals surface area contributed by atoms with Crippen LogP contribution >= 0.6 is 0 Å². The molecule has 0 atom stereocenters. The maximum atomic E-state index is 11.5. The predicted molar refractivity (Wildman–Crippen MR) is 64.5 cm³/mol. The summed E-state index contributed by atoms with van der Waals surface area (Å²) in [6, 6.07) is 3.54. The summed E-state index contributed by atoms with van der Waals surface area (Å²) in [7, 11) is 0. The molecule has 0 bridgehead atoms. The average Bonchev–Trinajstić information content (AvgIpc) is 2.57. The van der Waals surface area contributed by atoms with E-state index in [2.05, 4.69) is 4.98 Å². The number of nitrogens with two attached hydrogens (primary N) is 1. The molecule has 90 valence electrons. The van der Waals surface area contributed by atoms with Gasteiger partial charge in [0.05, 0.1) is 18.2 Å². The van der Waals surface area contributed by atoms with Crippen LogP contribution in [0.15, 0.2) is 24.5 Å². The fraction of sp³-hybridized carbons (Fsp3) is 0.333. The first-order valence-electron chi connectivity index (χ1n) is 5.47. The third-order valence-electron chi connectivity index (χ3n) is 2.23. The van der Waals surface area contributed by atoms with Crippen LogP contribution in [-0.4, -0.2) is 21.5 Å². The van der Waals surface area contributed by atoms with Crippen molar-refractivity contribution in [2.24, 2.45) is 0 Å². The Morgan fingerprint density at radius 1 is 1.59 bits per heavy atom. The number of imidazole rings is 1. The second kappa shape index (κ2) is 4.45. The van der Waals surface area contributed by atoms with Gasteiger partial charge in [-0.25, -0.2) is 4.98 Å². The van der Waals surface area contributed by atoms with E-state index in [4.69, 9.17) is 10.5 Å². The maximum Gasteiger partial charge on any atom is 0.312 e. The number of aromatic nitrogens is 2. The molecule has 0 radical (unpaired) electrons. The minimum absolute atomic E-state index is 0.102. The quantitative estimate of drug-likeness (QED) is 0.814. The van der Waals surface area contributed by atoms with E-state index >= 15 is 0 Å². The average molecular weight is 233 g/mol. The summed E-state index contributed by atoms with van der Waals surface area (Å²) < 4.78 is 6.89. The summed E-state index contributed by atoms with van der Waals surface area (Å²) in [5, 5.41) is 0. The zero-order valence-electron chi connectivity index (χ0n) is 9.88. The molecule has 0 spiro atoms. The Hall–Kier alpha value is -2.04. The van der Waals surface area contributed by atoms with Crippen molar-refractivity contribution in [1.29, 1.82) is 0 Å². The maximum absolute atomic E-state index is 11.5. The van der Waals surface area contributed by atoms with Crippen molar-refractivity contribution in [3.8, 4) is 0 Å². The number of carbonyl (C=O) groups excluding carboxylic acids is 1. The number of nitrogen functional groups attached to an aromatic ring is 1. The second-order valence-corrected chi connectivity index (χ2v) is 4.17. The summed E-state index contributed by atoms with van der Waals surface area (Å²) in [6.07, 6.45) is 3.70. The van der Waals surface area contributed by atoms with Crippen molar-refractivity contribution in [3.05, 3.63) is 30.2 Å². The van der Waals surface area contributed by atoms with Crippen LogP contribution in [0.3, 0.4) is 0 Å². The van der Waals surface area contributed by atoms with E-state index in [9.17, 15) is 4.79 Å². The highest BCUT2D eigenvalue weighted by molar-refractivity contribution is 5.72. The summed E-state index contributed by atoms with van der Waals surface area (Å²) in [6.45, 7) is 3.64. The highest BCUT2D eigenvalue weighted by Gasteiger charge is 2.10. The zero-order chi connectivity index (χ0) is 12.4. The number of rotatable bonds is 3. The molecule has 0 fully saturated rings. The largest absolute Gasteiger partial charge is 0.463 e. The van der Waals surface area contributed by atoms with E-state index in [1.807, 2.05) is 24.4 Å². The minimum Gasteiger partial charge on any atom is -0.463 e. The lowest BCUT2D eigenvalue weighted by molar-refractivity contribution is -0.146. The third-order valence-corrected chi connectivity index (χ3v) is 2.23. The van der Waals surface area contributed by atoms with Crippen molar-refractivity contribution >= 4 is 17.3 Å². The first-order valence-corrected chi connectivity index (χ1v) is 5.47. The smallest absolute Gasteiger partial charge is 0.312 e. The van der Waals surface area contributed by atoms with Gasteiger partial charge in [-0.2, -0.15) is 0 Å². The van der Waals surface area contributed by atoms with E-state index in [0.29, 0.717) is 11.4 Å². The van der Waals surface area contributed by atoms with Gasteiger partial charge in [-0.3, -0.25) is 4.79 Å². The van der Waals surface area contributed by atoms with Gasteiger partial charge in [0.15, 0.2) is 0 Å². The molecule has 0 aromatic carbocycles. The molecule has 0 aliphatic heterocycles. The van der Waals surface area contributed by atoms with Crippen LogP contribution in [-0.2, 0) is 16.0 Å². The monoisotopic (exact) mass is 233 g/mol. The van der Waals surface area contributed by atoms with Crippen molar-refractivity contribution in [3.63, 3.8) is 0 Å². The number of nitrogens with zero attached hydrogens (tertiary/aromatic N) is 2. The number of hydrogen-bond acceptors (Lipinski definition) is 4. The molecule has 0 amide bonds. The van der Waals surface area contributed by atoms with E-state index in [1.54, 1.807) is 18.3 Å². The van der Waals surface area contributed by atoms with Crippen molar-refractivity contribution in [2.75, 3.05) is 5.73 Å². The Bertz CT molecular complexity index is 546. The number of anilines is 1. The number of esters is 1. The van der Waals surface area contributed by atoms with Crippen molar-refractivity contribution in [2.45, 2.75) is 26.4 Å². The molecular weight excluding hydrogens is 218 g/mol. The van der Waals surface area contributed by atoms with Crippen LogP contribution in [0.1, 0.15) is 19.5 Å². The van der Waals surface area contributed by atoms with E-state index < -0.39 is 0 Å². The predicted octanol–water partition coefficient (Wildman–Crippen LogP) is 1.41. The molecule has 2 aromatic heterocycles. The zero-order valence-corrected chi connectivity index (χ0v) is 9.88. The van der Waals surface area contributed by atoms with Gasteiger partial charge in [0.2, 0.25) is 0 Å². The van der Waals surface area contributed by atoms with E-state index in [1.165, 1.54) is 0 Å². The molecular formula is C12H15N3O2. The fourth-order valence-corrected chi connectivity index (χ4v) is 1.59. The van der Waals surface area contributed by atoms with Gasteiger partial charge in [0.1, 0.15) is 5.65 Å². The Balaban J connectivity index is 2.17. The van der Waals surface area contributed by atoms with Gasteiger partial charge in [0, 0.05) is 24.1 Å². The standard InChI is InChI=1S/C12H15N3O2/c1-8(2)17-12(16)6-10-7-15-4-3-9(13)5-11(15)14-10/h3-5,7-8H,6,13H2,1-2H3. The van der Waals surface area contributed by atoms with Crippen molar-refractivity contribution < 1.29 is 9.53 Å². The molecule has 0 unspecified atom stereocenters. The molecule has 0 saturated heterocycles. The van der Waals surface area contributed by atoms with Gasteiger partial charge in [-0.15, -0.1) is 0 Å². The molecule has 2 heterocycles. The third kappa shape index (κ3) is 2.75. The number of carbonyl (C=O) groups is 1. The summed E-state index contributed by atoms with van der Waals surface area (Å²) in [5.41, 5.74) is 7.72. The number of hydrogen-bond donors (Lipinski definition) is 1. The van der Waals surface area contributed by atoms with Crippen LogP contribution in [0.5, 0.6) is 0 Å². The molecule has 0 aliphatic rings. The highest BCUT2D eigenvalue weighted by Crippen LogP contribution is 2.10. The first-order chi connectivity index (χ1) is 8.04. The fourth-order valence-electron chi connectivity index (χ4n) is 1.59. The molecule has 2 aromatic rings. The van der Waals surface area contributed by atoms with E-state index in [-0.39, 0.29) is 18.5 Å².